The van der Waals surface area contributed by atoms with E-state index in [1.54, 1.807) is 24.6 Å². The number of unbranched alkanes of at least 4 members (excludes halogenated alkanes) is 8. The van der Waals surface area contributed by atoms with Crippen molar-refractivity contribution in [3.63, 3.8) is 0 Å². The van der Waals surface area contributed by atoms with E-state index < -0.39 is 4.25 Å². The summed E-state index contributed by atoms with van der Waals surface area (Å²) in [6, 6.07) is 0. The molecule has 136 valence electrons. The summed E-state index contributed by atoms with van der Waals surface area (Å²) in [6.07, 6.45) is 23.7. The van der Waals surface area contributed by atoms with Crippen molar-refractivity contribution in [3.8, 4) is 0 Å². The van der Waals surface area contributed by atoms with Crippen LogP contribution in [0.2, 0.25) is 0 Å². The van der Waals surface area contributed by atoms with Gasteiger partial charge in [0, 0.05) is 0 Å². The van der Waals surface area contributed by atoms with Crippen molar-refractivity contribution in [1.82, 2.24) is 0 Å². The molecule has 0 aromatic heterocycles. The van der Waals surface area contributed by atoms with Gasteiger partial charge in [-0.1, -0.05) is 0 Å². The average molecular weight is 442 g/mol. The summed E-state index contributed by atoms with van der Waals surface area (Å²) in [5.41, 5.74) is 0. The minimum atomic E-state index is -1.44. The van der Waals surface area contributed by atoms with Gasteiger partial charge in [-0.25, -0.2) is 0 Å². The fraction of sp³-hybridized carbons (Fsp3) is 1.00. The van der Waals surface area contributed by atoms with E-state index in [1.807, 2.05) is 0 Å². The molecule has 0 fully saturated rings. The molecule has 0 saturated carbocycles. The van der Waals surface area contributed by atoms with E-state index in [-0.39, 0.29) is 0 Å². The zero-order chi connectivity index (χ0) is 16.8. The molecule has 0 rings (SSSR count). The molecular weight excluding hydrogens is 398 g/mol. The number of hydrogen-bond acceptors (Lipinski definition) is 0. The van der Waals surface area contributed by atoms with Crippen molar-refractivity contribution in [2.75, 3.05) is 24.6 Å². The van der Waals surface area contributed by atoms with Crippen LogP contribution in [0.25, 0.3) is 0 Å². The molecule has 0 nitrogen and oxygen atoms in total. The zero-order valence-electron chi connectivity index (χ0n) is 16.1. The first-order valence-corrected chi connectivity index (χ1v) is 16.0. The van der Waals surface area contributed by atoms with Crippen LogP contribution >= 0.6 is 26.3 Å². The molecule has 0 saturated heterocycles. The Hall–Kier alpha value is 1.16. The van der Waals surface area contributed by atoms with Gasteiger partial charge in [-0.2, -0.15) is 0 Å². The maximum atomic E-state index is 3.08. The van der Waals surface area contributed by atoms with E-state index in [9.17, 15) is 0 Å². The molecule has 0 aliphatic rings. The van der Waals surface area contributed by atoms with E-state index in [1.165, 1.54) is 77.0 Å². The Morgan fingerprint density at radius 1 is 0.455 bits per heavy atom. The van der Waals surface area contributed by atoms with Gasteiger partial charge in [0.25, 0.3) is 0 Å². The first-order chi connectivity index (χ1) is 10.5. The Labute approximate surface area is 155 Å². The molecule has 0 atom stereocenters. The normalized spacial score (nSPS) is 14.0. The molecule has 0 amide bonds. The van der Waals surface area contributed by atoms with Crippen molar-refractivity contribution < 1.29 is 0 Å². The summed E-state index contributed by atoms with van der Waals surface area (Å²) < 4.78 is -1.44. The predicted octanol–water partition coefficient (Wildman–Crippen LogP) is 8.65. The van der Waals surface area contributed by atoms with Crippen molar-refractivity contribution >= 4 is 26.3 Å². The molecule has 0 unspecified atom stereocenters. The van der Waals surface area contributed by atoms with Gasteiger partial charge < -0.3 is 0 Å². The van der Waals surface area contributed by atoms with Crippen molar-refractivity contribution in [1.29, 1.82) is 0 Å². The monoisotopic (exact) mass is 442 g/mol. The Morgan fingerprint density at radius 2 is 0.773 bits per heavy atom. The van der Waals surface area contributed by atoms with Crippen LogP contribution in [0.15, 0.2) is 0 Å². The molecule has 0 heterocycles. The molecule has 22 heavy (non-hydrogen) atoms. The second-order valence-corrected chi connectivity index (χ2v) is 21.2. The molecule has 0 N–H and O–H groups in total. The third-order valence-electron chi connectivity index (χ3n) is 5.28. The van der Waals surface area contributed by atoms with Crippen LogP contribution in [0.1, 0.15) is 105 Å². The van der Waals surface area contributed by atoms with Gasteiger partial charge in [0.05, 0.1) is 0 Å². The Kier molecular flexibility index (Phi) is 14.2. The Morgan fingerprint density at radius 3 is 1.18 bits per heavy atom. The van der Waals surface area contributed by atoms with Crippen LogP contribution < -0.4 is 0 Å². The van der Waals surface area contributed by atoms with Crippen molar-refractivity contribution in [2.24, 2.45) is 0 Å². The summed E-state index contributed by atoms with van der Waals surface area (Å²) in [6.45, 7) is 9.45. The second-order valence-electron chi connectivity index (χ2n) is 7.54. The van der Waals surface area contributed by atoms with E-state index in [0.717, 1.165) is 0 Å². The quantitative estimate of drug-likeness (QED) is 0.127. The van der Waals surface area contributed by atoms with Gasteiger partial charge >= 0.3 is 156 Å². The van der Waals surface area contributed by atoms with Crippen molar-refractivity contribution in [2.45, 2.75) is 105 Å². The average Bonchev–Trinajstić information content (AvgIpc) is 2.53. The van der Waals surface area contributed by atoms with Gasteiger partial charge in [0.1, 0.15) is 0 Å². The summed E-state index contributed by atoms with van der Waals surface area (Å²) in [5, 5.41) is 0. The zero-order valence-corrected chi connectivity index (χ0v) is 19.2. The fourth-order valence-electron chi connectivity index (χ4n) is 3.62. The molecule has 0 aromatic carbocycles. The fourth-order valence-corrected chi connectivity index (χ4v) is 13.4. The second kappa shape index (κ2) is 13.5. The van der Waals surface area contributed by atoms with Crippen LogP contribution in [0.5, 0.6) is 0 Å². The Balaban J connectivity index is 4.62. The molecule has 0 aliphatic carbocycles. The van der Waals surface area contributed by atoms with Gasteiger partial charge in [-0.05, 0) is 0 Å². The summed E-state index contributed by atoms with van der Waals surface area (Å²) >= 11 is 3.08. The van der Waals surface area contributed by atoms with Crippen LogP contribution in [-0.4, -0.2) is 24.6 Å². The summed E-state index contributed by atoms with van der Waals surface area (Å²) in [4.78, 5) is 0. The van der Waals surface area contributed by atoms with Gasteiger partial charge in [-0.15, -0.1) is 0 Å². The third kappa shape index (κ3) is 10.1. The molecule has 0 aliphatic heterocycles. The van der Waals surface area contributed by atoms with E-state index in [4.69, 9.17) is 0 Å². The van der Waals surface area contributed by atoms with Crippen LogP contribution in [0.3, 0.4) is 0 Å². The van der Waals surface area contributed by atoms with Gasteiger partial charge in [-0.3, -0.25) is 0 Å². The van der Waals surface area contributed by atoms with Crippen molar-refractivity contribution in [3.05, 3.63) is 0 Å². The number of rotatable bonds is 16. The molecule has 0 radical (unpaired) electrons. The minimum absolute atomic E-state index is 1.37. The van der Waals surface area contributed by atoms with Gasteiger partial charge in [0.2, 0.25) is 0 Å². The molecule has 2 heteroatoms. The van der Waals surface area contributed by atoms with E-state index >= 15 is 0 Å². The SMILES string of the molecule is CCCCCCCCP(I)(CCCC)(CCCC)CCCC. The Bertz CT molecular complexity index is 228. The number of hydrogen-bond donors (Lipinski definition) is 0. The molecule has 0 spiro atoms. The topological polar surface area (TPSA) is 0 Å². The summed E-state index contributed by atoms with van der Waals surface area (Å²) in [5.74, 6) is 0. The van der Waals surface area contributed by atoms with Gasteiger partial charge in [0.15, 0.2) is 0 Å². The van der Waals surface area contributed by atoms with Crippen LogP contribution in [0.4, 0.5) is 0 Å². The van der Waals surface area contributed by atoms with E-state index in [0.29, 0.717) is 0 Å². The predicted molar refractivity (Wildman–Crippen MR) is 119 cm³/mol. The number of halogens is 1. The van der Waals surface area contributed by atoms with Crippen LogP contribution in [0, 0.1) is 0 Å². The van der Waals surface area contributed by atoms with E-state index in [2.05, 4.69) is 49.7 Å². The first kappa shape index (κ1) is 23.2. The molecule has 0 bridgehead atoms. The van der Waals surface area contributed by atoms with Crippen LogP contribution in [-0.2, 0) is 0 Å². The standard InChI is InChI=1S/C20H44IP/c1-5-9-13-14-15-16-20-22(21,17-10-6-2,18-11-7-3)19-12-8-4/h5-20H2,1-4H3. The maximum absolute atomic E-state index is 3.08. The molecule has 0 aromatic rings. The first-order valence-electron chi connectivity index (χ1n) is 10.3. The summed E-state index contributed by atoms with van der Waals surface area (Å²) in [7, 11) is 0. The molecular formula is C20H44IP. The third-order valence-corrected chi connectivity index (χ3v) is 16.8.